The first kappa shape index (κ1) is 14.2. The number of rotatable bonds is 4. The number of halogens is 2. The van der Waals surface area contributed by atoms with Crippen LogP contribution in [0.25, 0.3) is 0 Å². The second-order valence-electron chi connectivity index (χ2n) is 5.86. The Labute approximate surface area is 124 Å². The minimum atomic E-state index is -0.195. The predicted molar refractivity (Wildman–Crippen MR) is 80.1 cm³/mol. The van der Waals surface area contributed by atoms with Crippen LogP contribution in [-0.4, -0.2) is 6.04 Å². The summed E-state index contributed by atoms with van der Waals surface area (Å²) in [7, 11) is 0. The van der Waals surface area contributed by atoms with Crippen molar-refractivity contribution in [2.24, 2.45) is 0 Å². The largest absolute Gasteiger partial charge is 0.307 e. The summed E-state index contributed by atoms with van der Waals surface area (Å²) >= 11 is 0. The summed E-state index contributed by atoms with van der Waals surface area (Å²) in [6.07, 6.45) is 2.09. The van der Waals surface area contributed by atoms with Crippen LogP contribution in [0.4, 0.5) is 8.78 Å². The summed E-state index contributed by atoms with van der Waals surface area (Å²) in [5, 5.41) is 3.53. The van der Waals surface area contributed by atoms with E-state index >= 15 is 0 Å². The first-order valence-electron chi connectivity index (χ1n) is 7.39. The molecule has 0 saturated heterocycles. The number of hydrogen-bond acceptors (Lipinski definition) is 1. The number of nitrogens with one attached hydrogen (secondary N) is 1. The average molecular weight is 287 g/mol. The Morgan fingerprint density at radius 2 is 1.71 bits per heavy atom. The van der Waals surface area contributed by atoms with Crippen LogP contribution in [0.5, 0.6) is 0 Å². The zero-order valence-electron chi connectivity index (χ0n) is 12.0. The molecular formula is C18H19F2N. The molecule has 1 nitrogen and oxygen atoms in total. The van der Waals surface area contributed by atoms with E-state index in [9.17, 15) is 8.78 Å². The molecule has 0 aliphatic heterocycles. The average Bonchev–Trinajstić information content (AvgIpc) is 2.43. The lowest BCUT2D eigenvalue weighted by molar-refractivity contribution is 0.270. The molecule has 0 radical (unpaired) electrons. The zero-order valence-corrected chi connectivity index (χ0v) is 12.0. The van der Waals surface area contributed by atoms with Gasteiger partial charge in [-0.15, -0.1) is 0 Å². The van der Waals surface area contributed by atoms with E-state index < -0.39 is 0 Å². The molecule has 0 unspecified atom stereocenters. The van der Waals surface area contributed by atoms with Crippen molar-refractivity contribution in [1.82, 2.24) is 5.32 Å². The van der Waals surface area contributed by atoms with Crippen molar-refractivity contribution in [3.8, 4) is 0 Å². The molecule has 3 heteroatoms. The first-order valence-corrected chi connectivity index (χ1v) is 7.39. The summed E-state index contributed by atoms with van der Waals surface area (Å²) in [6, 6.07) is 14.1. The van der Waals surface area contributed by atoms with Gasteiger partial charge >= 0.3 is 0 Å². The zero-order chi connectivity index (χ0) is 14.8. The van der Waals surface area contributed by atoms with Gasteiger partial charge < -0.3 is 5.32 Å². The number of hydrogen-bond donors (Lipinski definition) is 1. The maximum absolute atomic E-state index is 13.2. The van der Waals surface area contributed by atoms with Gasteiger partial charge in [0.05, 0.1) is 0 Å². The van der Waals surface area contributed by atoms with E-state index in [1.165, 1.54) is 23.8 Å². The quantitative estimate of drug-likeness (QED) is 0.869. The molecule has 0 aromatic heterocycles. The van der Waals surface area contributed by atoms with Crippen LogP contribution in [0.2, 0.25) is 0 Å². The molecule has 0 heterocycles. The topological polar surface area (TPSA) is 12.0 Å². The fourth-order valence-electron chi connectivity index (χ4n) is 2.99. The SMILES string of the molecule is C[C@@H](NC1CC(c2ccc(F)cc2)C1)c1cccc(F)c1. The lowest BCUT2D eigenvalue weighted by Crippen LogP contribution is -2.41. The monoisotopic (exact) mass is 287 g/mol. The van der Waals surface area contributed by atoms with E-state index in [-0.39, 0.29) is 17.7 Å². The van der Waals surface area contributed by atoms with Gasteiger partial charge in [0, 0.05) is 12.1 Å². The van der Waals surface area contributed by atoms with Crippen LogP contribution in [0, 0.1) is 11.6 Å². The van der Waals surface area contributed by atoms with E-state index in [1.807, 2.05) is 18.2 Å². The molecule has 110 valence electrons. The Morgan fingerprint density at radius 3 is 2.38 bits per heavy atom. The molecular weight excluding hydrogens is 268 g/mol. The van der Waals surface area contributed by atoms with Crippen LogP contribution in [0.3, 0.4) is 0 Å². The highest BCUT2D eigenvalue weighted by Gasteiger charge is 2.31. The molecule has 2 aromatic carbocycles. The van der Waals surface area contributed by atoms with Crippen LogP contribution in [0.1, 0.15) is 42.9 Å². The minimum absolute atomic E-state index is 0.139. The van der Waals surface area contributed by atoms with E-state index in [1.54, 1.807) is 12.1 Å². The predicted octanol–water partition coefficient (Wildman–Crippen LogP) is 4.56. The van der Waals surface area contributed by atoms with Gasteiger partial charge in [-0.3, -0.25) is 0 Å². The molecule has 1 N–H and O–H groups in total. The molecule has 0 spiro atoms. The van der Waals surface area contributed by atoms with Gasteiger partial charge in [-0.05, 0) is 61.1 Å². The summed E-state index contributed by atoms with van der Waals surface area (Å²) in [4.78, 5) is 0. The van der Waals surface area contributed by atoms with Crippen LogP contribution in [0.15, 0.2) is 48.5 Å². The Morgan fingerprint density at radius 1 is 1.00 bits per heavy atom. The van der Waals surface area contributed by atoms with Gasteiger partial charge in [-0.2, -0.15) is 0 Å². The van der Waals surface area contributed by atoms with E-state index in [2.05, 4.69) is 12.2 Å². The summed E-state index contributed by atoms with van der Waals surface area (Å²) in [5.41, 5.74) is 2.17. The minimum Gasteiger partial charge on any atom is -0.307 e. The van der Waals surface area contributed by atoms with Crippen LogP contribution < -0.4 is 5.32 Å². The molecule has 0 amide bonds. The molecule has 21 heavy (non-hydrogen) atoms. The van der Waals surface area contributed by atoms with Gasteiger partial charge in [-0.1, -0.05) is 24.3 Å². The van der Waals surface area contributed by atoms with Crippen LogP contribution >= 0.6 is 0 Å². The molecule has 1 aliphatic rings. The molecule has 3 rings (SSSR count). The van der Waals surface area contributed by atoms with Crippen molar-refractivity contribution in [3.63, 3.8) is 0 Å². The maximum atomic E-state index is 13.2. The van der Waals surface area contributed by atoms with Crippen LogP contribution in [-0.2, 0) is 0 Å². The highest BCUT2D eigenvalue weighted by atomic mass is 19.1. The van der Waals surface area contributed by atoms with Gasteiger partial charge in [0.2, 0.25) is 0 Å². The third-order valence-corrected chi connectivity index (χ3v) is 4.31. The number of benzene rings is 2. The maximum Gasteiger partial charge on any atom is 0.123 e. The van der Waals surface area contributed by atoms with E-state index in [0.717, 1.165) is 18.4 Å². The van der Waals surface area contributed by atoms with Gasteiger partial charge in [-0.25, -0.2) is 8.78 Å². The van der Waals surface area contributed by atoms with Gasteiger partial charge in [0.15, 0.2) is 0 Å². The Bertz CT molecular complexity index is 603. The molecule has 1 atom stereocenters. The second-order valence-corrected chi connectivity index (χ2v) is 5.86. The molecule has 1 fully saturated rings. The second kappa shape index (κ2) is 5.94. The van der Waals surface area contributed by atoms with Crippen molar-refractivity contribution in [3.05, 3.63) is 71.3 Å². The van der Waals surface area contributed by atoms with E-state index in [4.69, 9.17) is 0 Å². The Kier molecular flexibility index (Phi) is 4.02. The Hall–Kier alpha value is -1.74. The smallest absolute Gasteiger partial charge is 0.123 e. The lowest BCUT2D eigenvalue weighted by Gasteiger charge is -2.38. The molecule has 2 aromatic rings. The molecule has 1 aliphatic carbocycles. The van der Waals surface area contributed by atoms with Crippen molar-refractivity contribution in [2.45, 2.75) is 37.8 Å². The Balaban J connectivity index is 1.54. The highest BCUT2D eigenvalue weighted by molar-refractivity contribution is 5.24. The summed E-state index contributed by atoms with van der Waals surface area (Å²) in [6.45, 7) is 2.06. The normalized spacial score (nSPS) is 22.6. The fourth-order valence-corrected chi connectivity index (χ4v) is 2.99. The van der Waals surface area contributed by atoms with Gasteiger partial charge in [0.1, 0.15) is 11.6 Å². The lowest BCUT2D eigenvalue weighted by atomic mass is 9.75. The molecule has 1 saturated carbocycles. The van der Waals surface area contributed by atoms with E-state index in [0.29, 0.717) is 12.0 Å². The first-order chi connectivity index (χ1) is 10.1. The van der Waals surface area contributed by atoms with Gasteiger partial charge in [0.25, 0.3) is 0 Å². The standard InChI is InChI=1S/C18H19F2N/c1-12(14-3-2-4-17(20)9-14)21-18-10-15(11-18)13-5-7-16(19)8-6-13/h2-9,12,15,18,21H,10-11H2,1H3/t12-,15?,18?/m1/s1. The third-order valence-electron chi connectivity index (χ3n) is 4.31. The highest BCUT2D eigenvalue weighted by Crippen LogP contribution is 2.37. The summed E-state index contributed by atoms with van der Waals surface area (Å²) in [5.74, 6) is 0.120. The third kappa shape index (κ3) is 3.30. The molecule has 0 bridgehead atoms. The van der Waals surface area contributed by atoms with Crippen molar-refractivity contribution in [2.75, 3.05) is 0 Å². The fraction of sp³-hybridized carbons (Fsp3) is 0.333. The van der Waals surface area contributed by atoms with Crippen molar-refractivity contribution >= 4 is 0 Å². The van der Waals surface area contributed by atoms with Crippen molar-refractivity contribution in [1.29, 1.82) is 0 Å². The summed E-state index contributed by atoms with van der Waals surface area (Å²) < 4.78 is 26.1. The van der Waals surface area contributed by atoms with Crippen molar-refractivity contribution < 1.29 is 8.78 Å².